The molecule has 0 radical (unpaired) electrons. The highest BCUT2D eigenvalue weighted by atomic mass is 79.9. The maximum absolute atomic E-state index is 11.6. The molecule has 1 saturated heterocycles. The number of halogens is 1. The van der Waals surface area contributed by atoms with Gasteiger partial charge in [-0.05, 0) is 6.42 Å². The zero-order valence-electron chi connectivity index (χ0n) is 15.1. The molecule has 10 heteroatoms. The summed E-state index contributed by atoms with van der Waals surface area (Å²) in [5, 5.41) is 0.515. The smallest absolute Gasteiger partial charge is 0.303 e. The van der Waals surface area contributed by atoms with Gasteiger partial charge in [0.05, 0.1) is 6.10 Å². The van der Waals surface area contributed by atoms with E-state index >= 15 is 0 Å². The molecule has 1 fully saturated rings. The Morgan fingerprint density at radius 2 is 1.23 bits per heavy atom. The number of ether oxygens (including phenoxy) is 5. The van der Waals surface area contributed by atoms with Crippen molar-refractivity contribution >= 4 is 39.8 Å². The average molecular weight is 439 g/mol. The van der Waals surface area contributed by atoms with Crippen molar-refractivity contribution in [2.45, 2.75) is 64.6 Å². The van der Waals surface area contributed by atoms with Gasteiger partial charge in [0.2, 0.25) is 0 Å². The minimum Gasteiger partial charge on any atom is -0.463 e. The predicted octanol–water partition coefficient (Wildman–Crippen LogP) is 0.897. The van der Waals surface area contributed by atoms with E-state index in [0.29, 0.717) is 11.8 Å². The third kappa shape index (κ3) is 6.91. The van der Waals surface area contributed by atoms with E-state index in [1.165, 1.54) is 27.7 Å². The molecule has 1 aliphatic heterocycles. The van der Waals surface area contributed by atoms with Crippen LogP contribution in [0.25, 0.3) is 0 Å². The van der Waals surface area contributed by atoms with Gasteiger partial charge in [-0.3, -0.25) is 19.2 Å². The molecule has 26 heavy (non-hydrogen) atoms. The first-order valence-electron chi connectivity index (χ1n) is 8.02. The van der Waals surface area contributed by atoms with Crippen molar-refractivity contribution in [1.29, 1.82) is 0 Å². The number of carbonyl (C=O) groups is 4. The first-order chi connectivity index (χ1) is 12.1. The Labute approximate surface area is 159 Å². The lowest BCUT2D eigenvalue weighted by Gasteiger charge is -2.44. The van der Waals surface area contributed by atoms with E-state index in [0.717, 1.165) is 0 Å². The van der Waals surface area contributed by atoms with E-state index in [4.69, 9.17) is 23.7 Å². The van der Waals surface area contributed by atoms with Crippen LogP contribution < -0.4 is 0 Å². The highest BCUT2D eigenvalue weighted by molar-refractivity contribution is 9.09. The highest BCUT2D eigenvalue weighted by Gasteiger charge is 2.51. The second-order valence-corrected chi connectivity index (χ2v) is 6.51. The Morgan fingerprint density at radius 1 is 0.769 bits per heavy atom. The standard InChI is InChI=1S/C16H23BrO9/c1-8(18)22-7-13-15(24-10(3)20)16(25-11(4)21)14(23-9(2)19)12(26-13)5-6-17/h12-16H,5-7H2,1-4H3/t12-,13+,14-,15+,16+/m0/s1. The molecule has 0 aromatic carbocycles. The van der Waals surface area contributed by atoms with Crippen molar-refractivity contribution in [3.63, 3.8) is 0 Å². The summed E-state index contributed by atoms with van der Waals surface area (Å²) < 4.78 is 26.7. The molecule has 0 saturated carbocycles. The summed E-state index contributed by atoms with van der Waals surface area (Å²) in [7, 11) is 0. The Balaban J connectivity index is 3.22. The van der Waals surface area contributed by atoms with Gasteiger partial charge in [0.15, 0.2) is 18.3 Å². The largest absolute Gasteiger partial charge is 0.463 e. The van der Waals surface area contributed by atoms with E-state index in [2.05, 4.69) is 15.9 Å². The van der Waals surface area contributed by atoms with Crippen molar-refractivity contribution in [2.75, 3.05) is 11.9 Å². The van der Waals surface area contributed by atoms with Crippen LogP contribution in [0.15, 0.2) is 0 Å². The molecule has 0 aromatic heterocycles. The Morgan fingerprint density at radius 3 is 1.65 bits per heavy atom. The molecule has 0 bridgehead atoms. The van der Waals surface area contributed by atoms with Crippen LogP contribution in [-0.4, -0.2) is 66.3 Å². The minimum atomic E-state index is -1.10. The lowest BCUT2D eigenvalue weighted by molar-refractivity contribution is -0.252. The van der Waals surface area contributed by atoms with E-state index in [9.17, 15) is 19.2 Å². The van der Waals surface area contributed by atoms with Crippen molar-refractivity contribution in [3.05, 3.63) is 0 Å². The fourth-order valence-electron chi connectivity index (χ4n) is 2.66. The maximum Gasteiger partial charge on any atom is 0.303 e. The van der Waals surface area contributed by atoms with E-state index in [-0.39, 0.29) is 6.61 Å². The monoisotopic (exact) mass is 438 g/mol. The van der Waals surface area contributed by atoms with Gasteiger partial charge >= 0.3 is 23.9 Å². The van der Waals surface area contributed by atoms with E-state index in [1.807, 2.05) is 0 Å². The van der Waals surface area contributed by atoms with Crippen LogP contribution in [0.3, 0.4) is 0 Å². The van der Waals surface area contributed by atoms with Crippen LogP contribution in [0, 0.1) is 0 Å². The van der Waals surface area contributed by atoms with Crippen molar-refractivity contribution in [3.8, 4) is 0 Å². The van der Waals surface area contributed by atoms with Gasteiger partial charge in [0, 0.05) is 33.0 Å². The van der Waals surface area contributed by atoms with Gasteiger partial charge in [0.25, 0.3) is 0 Å². The second kappa shape index (κ2) is 10.5. The van der Waals surface area contributed by atoms with Crippen LogP contribution in [0.1, 0.15) is 34.1 Å². The SMILES string of the molecule is CC(=O)OC[C@H]1O[C@@H](CCBr)[C@H](OC(C)=O)[C@@H](OC(C)=O)[C@@H]1OC(C)=O. The van der Waals surface area contributed by atoms with Gasteiger partial charge in [0.1, 0.15) is 12.7 Å². The molecule has 1 rings (SSSR count). The number of hydrogen-bond acceptors (Lipinski definition) is 9. The summed E-state index contributed by atoms with van der Waals surface area (Å²) in [6.07, 6.45) is -4.31. The van der Waals surface area contributed by atoms with Crippen molar-refractivity contribution in [1.82, 2.24) is 0 Å². The first-order valence-corrected chi connectivity index (χ1v) is 9.14. The number of carbonyl (C=O) groups excluding carboxylic acids is 4. The summed E-state index contributed by atoms with van der Waals surface area (Å²) in [4.78, 5) is 45.8. The van der Waals surface area contributed by atoms with Crippen molar-refractivity contribution < 1.29 is 42.9 Å². The fraction of sp³-hybridized carbons (Fsp3) is 0.750. The van der Waals surface area contributed by atoms with E-state index in [1.54, 1.807) is 0 Å². The molecule has 0 aliphatic carbocycles. The number of alkyl halides is 1. The second-order valence-electron chi connectivity index (χ2n) is 5.72. The topological polar surface area (TPSA) is 114 Å². The third-order valence-corrected chi connectivity index (χ3v) is 3.94. The van der Waals surface area contributed by atoms with Crippen LogP contribution in [0.4, 0.5) is 0 Å². The maximum atomic E-state index is 11.6. The molecule has 1 heterocycles. The van der Waals surface area contributed by atoms with Crippen LogP contribution in [0.5, 0.6) is 0 Å². The minimum absolute atomic E-state index is 0.212. The number of esters is 4. The molecule has 0 amide bonds. The number of hydrogen-bond donors (Lipinski definition) is 0. The zero-order chi connectivity index (χ0) is 19.9. The van der Waals surface area contributed by atoms with Gasteiger partial charge in [-0.1, -0.05) is 15.9 Å². The summed E-state index contributed by atoms with van der Waals surface area (Å²) in [5.41, 5.74) is 0. The van der Waals surface area contributed by atoms with Gasteiger partial charge < -0.3 is 23.7 Å². The molecule has 0 spiro atoms. The zero-order valence-corrected chi connectivity index (χ0v) is 16.6. The molecular formula is C16H23BrO9. The van der Waals surface area contributed by atoms with Crippen LogP contribution >= 0.6 is 15.9 Å². The van der Waals surface area contributed by atoms with E-state index < -0.39 is 54.4 Å². The third-order valence-electron chi connectivity index (χ3n) is 3.48. The molecular weight excluding hydrogens is 416 g/mol. The van der Waals surface area contributed by atoms with Gasteiger partial charge in [-0.15, -0.1) is 0 Å². The molecule has 0 aromatic rings. The lowest BCUT2D eigenvalue weighted by Crippen LogP contribution is -2.62. The molecule has 1 aliphatic rings. The number of rotatable bonds is 7. The summed E-state index contributed by atoms with van der Waals surface area (Å²) >= 11 is 3.29. The fourth-order valence-corrected chi connectivity index (χ4v) is 3.11. The summed E-state index contributed by atoms with van der Waals surface area (Å²) in [5.74, 6) is -2.44. The summed E-state index contributed by atoms with van der Waals surface area (Å²) in [6, 6.07) is 0. The predicted molar refractivity (Wildman–Crippen MR) is 90.4 cm³/mol. The molecule has 0 unspecified atom stereocenters. The normalized spacial score (nSPS) is 28.0. The van der Waals surface area contributed by atoms with Crippen LogP contribution in [0.2, 0.25) is 0 Å². The quantitative estimate of drug-likeness (QED) is 0.324. The average Bonchev–Trinajstić information content (AvgIpc) is 2.50. The first kappa shape index (κ1) is 22.4. The molecule has 5 atom stereocenters. The van der Waals surface area contributed by atoms with Crippen molar-refractivity contribution in [2.24, 2.45) is 0 Å². The Bertz CT molecular complexity index is 536. The lowest BCUT2D eigenvalue weighted by atomic mass is 9.93. The Kier molecular flexibility index (Phi) is 9.00. The Hall–Kier alpha value is -1.68. The molecule has 0 N–H and O–H groups in total. The van der Waals surface area contributed by atoms with Gasteiger partial charge in [-0.25, -0.2) is 0 Å². The molecule has 9 nitrogen and oxygen atoms in total. The summed E-state index contributed by atoms with van der Waals surface area (Å²) in [6.45, 7) is 4.59. The van der Waals surface area contributed by atoms with Crippen LogP contribution in [-0.2, 0) is 42.9 Å². The van der Waals surface area contributed by atoms with Gasteiger partial charge in [-0.2, -0.15) is 0 Å². The highest BCUT2D eigenvalue weighted by Crippen LogP contribution is 2.31. The molecule has 148 valence electrons.